The topological polar surface area (TPSA) is 133 Å². The van der Waals surface area contributed by atoms with Gasteiger partial charge < -0.3 is 21.3 Å². The van der Waals surface area contributed by atoms with E-state index in [1.165, 1.54) is 0 Å². The SMILES string of the molecule is CC(C)(C)CC(NC(=O)[C@H]1C[C@@H]1c1ccc(Cl)cc1)C(=O)NC(C[C@@H]1CCNC1=O)C(=O)C(=O)NC1CC1. The quantitative estimate of drug-likeness (QED) is 0.317. The molecule has 4 N–H and O–H groups in total. The highest BCUT2D eigenvalue weighted by Crippen LogP contribution is 2.47. The average molecular weight is 545 g/mol. The molecule has 3 fully saturated rings. The van der Waals surface area contributed by atoms with Crippen molar-refractivity contribution in [3.05, 3.63) is 34.9 Å². The van der Waals surface area contributed by atoms with Crippen LogP contribution < -0.4 is 21.3 Å². The van der Waals surface area contributed by atoms with Crippen LogP contribution in [0.3, 0.4) is 0 Å². The van der Waals surface area contributed by atoms with Gasteiger partial charge in [0.2, 0.25) is 23.5 Å². The second-order valence-electron chi connectivity index (χ2n) is 12.0. The number of rotatable bonds is 11. The molecular weight excluding hydrogens is 508 g/mol. The molecule has 1 heterocycles. The smallest absolute Gasteiger partial charge is 0.289 e. The largest absolute Gasteiger partial charge is 0.356 e. The van der Waals surface area contributed by atoms with Gasteiger partial charge in [-0.1, -0.05) is 44.5 Å². The number of ketones is 1. The van der Waals surface area contributed by atoms with Gasteiger partial charge in [0.25, 0.3) is 5.91 Å². The van der Waals surface area contributed by atoms with Gasteiger partial charge in [0.1, 0.15) is 6.04 Å². The first-order chi connectivity index (χ1) is 17.9. The molecule has 1 aliphatic heterocycles. The number of hydrogen-bond acceptors (Lipinski definition) is 5. The molecule has 38 heavy (non-hydrogen) atoms. The van der Waals surface area contributed by atoms with Crippen LogP contribution in [0.5, 0.6) is 0 Å². The molecule has 3 aliphatic rings. The molecule has 0 bridgehead atoms. The Hall–Kier alpha value is -2.94. The minimum absolute atomic E-state index is 0.0161. The van der Waals surface area contributed by atoms with Crippen molar-refractivity contribution >= 4 is 41.0 Å². The van der Waals surface area contributed by atoms with E-state index >= 15 is 0 Å². The fraction of sp³-hybridized carbons (Fsp3) is 0.607. The average Bonchev–Trinajstić information content (AvgIpc) is 3.77. The lowest BCUT2D eigenvalue weighted by Crippen LogP contribution is -2.55. The Labute approximate surface area is 228 Å². The summed E-state index contributed by atoms with van der Waals surface area (Å²) in [6, 6.07) is 5.33. The Morgan fingerprint density at radius 3 is 2.29 bits per heavy atom. The van der Waals surface area contributed by atoms with Crippen LogP contribution in [0, 0.1) is 17.3 Å². The number of hydrogen-bond donors (Lipinski definition) is 4. The van der Waals surface area contributed by atoms with E-state index in [0.717, 1.165) is 18.4 Å². The van der Waals surface area contributed by atoms with Crippen LogP contribution in [0.2, 0.25) is 5.02 Å². The van der Waals surface area contributed by atoms with Crippen LogP contribution in [0.4, 0.5) is 0 Å². The highest BCUT2D eigenvalue weighted by atomic mass is 35.5. The number of carbonyl (C=O) groups is 5. The van der Waals surface area contributed by atoms with Crippen molar-refractivity contribution in [3.8, 4) is 0 Å². The molecule has 1 aromatic rings. The Kier molecular flexibility index (Phi) is 8.45. The molecule has 0 spiro atoms. The van der Waals surface area contributed by atoms with E-state index in [1.54, 1.807) is 12.1 Å². The zero-order valence-electron chi connectivity index (χ0n) is 22.1. The fourth-order valence-corrected chi connectivity index (χ4v) is 5.09. The third-order valence-electron chi connectivity index (χ3n) is 7.33. The number of carbonyl (C=O) groups excluding carboxylic acids is 5. The van der Waals surface area contributed by atoms with E-state index in [9.17, 15) is 24.0 Å². The number of amides is 4. The molecule has 2 unspecified atom stereocenters. The van der Waals surface area contributed by atoms with Gasteiger partial charge in [-0.25, -0.2) is 0 Å². The van der Waals surface area contributed by atoms with Crippen LogP contribution in [-0.2, 0) is 24.0 Å². The van der Waals surface area contributed by atoms with Gasteiger partial charge in [-0.3, -0.25) is 24.0 Å². The number of benzene rings is 1. The Morgan fingerprint density at radius 2 is 1.71 bits per heavy atom. The van der Waals surface area contributed by atoms with Gasteiger partial charge in [0, 0.05) is 29.4 Å². The van der Waals surface area contributed by atoms with Crippen LogP contribution in [0.1, 0.15) is 70.8 Å². The van der Waals surface area contributed by atoms with Crippen molar-refractivity contribution in [2.24, 2.45) is 17.3 Å². The summed E-state index contributed by atoms with van der Waals surface area (Å²) in [5.41, 5.74) is 0.719. The lowest BCUT2D eigenvalue weighted by Gasteiger charge is -2.28. The third-order valence-corrected chi connectivity index (χ3v) is 7.58. The fourth-order valence-electron chi connectivity index (χ4n) is 4.96. The molecule has 10 heteroatoms. The number of nitrogens with one attached hydrogen (secondary N) is 4. The Bertz CT molecular complexity index is 1100. The van der Waals surface area contributed by atoms with E-state index in [1.807, 2.05) is 32.9 Å². The Morgan fingerprint density at radius 1 is 1.03 bits per heavy atom. The molecule has 0 aromatic heterocycles. The number of Topliss-reactive ketones (excluding diaryl/α,β-unsaturated/α-hetero) is 1. The van der Waals surface area contributed by atoms with Gasteiger partial charge in [-0.2, -0.15) is 0 Å². The maximum absolute atomic E-state index is 13.5. The summed E-state index contributed by atoms with van der Waals surface area (Å²) in [4.78, 5) is 64.4. The highest BCUT2D eigenvalue weighted by molar-refractivity contribution is 6.38. The van der Waals surface area contributed by atoms with E-state index in [4.69, 9.17) is 11.6 Å². The van der Waals surface area contributed by atoms with Crippen LogP contribution in [0.15, 0.2) is 24.3 Å². The zero-order valence-corrected chi connectivity index (χ0v) is 22.9. The molecule has 9 nitrogen and oxygen atoms in total. The van der Waals surface area contributed by atoms with Gasteiger partial charge in [-0.05, 0) is 67.6 Å². The first-order valence-corrected chi connectivity index (χ1v) is 13.8. The first-order valence-electron chi connectivity index (χ1n) is 13.4. The summed E-state index contributed by atoms with van der Waals surface area (Å²) in [6.45, 7) is 6.37. The van der Waals surface area contributed by atoms with Crippen molar-refractivity contribution in [2.75, 3.05) is 6.54 Å². The van der Waals surface area contributed by atoms with Crippen LogP contribution in [0.25, 0.3) is 0 Å². The normalized spacial score (nSPS) is 24.1. The lowest BCUT2D eigenvalue weighted by atomic mass is 9.87. The van der Waals surface area contributed by atoms with Gasteiger partial charge in [0.05, 0.1) is 6.04 Å². The highest BCUT2D eigenvalue weighted by Gasteiger charge is 2.45. The van der Waals surface area contributed by atoms with Crippen molar-refractivity contribution < 1.29 is 24.0 Å². The lowest BCUT2D eigenvalue weighted by molar-refractivity contribution is -0.141. The molecule has 1 aromatic carbocycles. The summed E-state index contributed by atoms with van der Waals surface area (Å²) < 4.78 is 0. The summed E-state index contributed by atoms with van der Waals surface area (Å²) in [5, 5.41) is 11.6. The van der Waals surface area contributed by atoms with Gasteiger partial charge in [0.15, 0.2) is 0 Å². The van der Waals surface area contributed by atoms with Crippen LogP contribution >= 0.6 is 11.6 Å². The number of halogens is 1. The molecule has 5 atom stereocenters. The van der Waals surface area contributed by atoms with E-state index in [0.29, 0.717) is 30.8 Å². The molecule has 4 rings (SSSR count). The van der Waals surface area contributed by atoms with E-state index in [-0.39, 0.29) is 41.5 Å². The summed E-state index contributed by atoms with van der Waals surface area (Å²) >= 11 is 5.98. The minimum atomic E-state index is -1.16. The molecule has 1 saturated heterocycles. The minimum Gasteiger partial charge on any atom is -0.356 e. The predicted molar refractivity (Wildman–Crippen MR) is 142 cm³/mol. The second-order valence-corrected chi connectivity index (χ2v) is 12.4. The molecular formula is C28H37ClN4O5. The van der Waals surface area contributed by atoms with Gasteiger partial charge >= 0.3 is 0 Å². The second kappa shape index (κ2) is 11.4. The molecule has 2 aliphatic carbocycles. The standard InChI is InChI=1S/C28H37ClN4O5/c1-28(2,3)14-22(33-25(36)20-13-19(20)15-4-6-17(29)7-5-15)26(37)32-21(12-16-10-11-30-24(16)35)23(34)27(38)31-18-8-9-18/h4-7,16,18-22H,8-14H2,1-3H3,(H,30,35)(H,31,38)(H,32,37)(H,33,36)/t16-,19+,20-,21?,22?/m0/s1. The molecule has 2 saturated carbocycles. The first kappa shape index (κ1) is 28.1. The van der Waals surface area contributed by atoms with E-state index < -0.39 is 35.6 Å². The maximum atomic E-state index is 13.5. The molecule has 206 valence electrons. The van der Waals surface area contributed by atoms with Crippen molar-refractivity contribution in [1.29, 1.82) is 0 Å². The van der Waals surface area contributed by atoms with Crippen LogP contribution in [-0.4, -0.2) is 54.1 Å². The van der Waals surface area contributed by atoms with Crippen molar-refractivity contribution in [3.63, 3.8) is 0 Å². The monoisotopic (exact) mass is 544 g/mol. The predicted octanol–water partition coefficient (Wildman–Crippen LogP) is 2.22. The maximum Gasteiger partial charge on any atom is 0.289 e. The molecule has 0 radical (unpaired) electrons. The van der Waals surface area contributed by atoms with Gasteiger partial charge in [-0.15, -0.1) is 0 Å². The summed E-state index contributed by atoms with van der Waals surface area (Å²) in [6.07, 6.45) is 3.21. The van der Waals surface area contributed by atoms with E-state index in [2.05, 4.69) is 21.3 Å². The Balaban J connectivity index is 1.44. The third kappa shape index (κ3) is 7.56. The molecule has 4 amide bonds. The summed E-state index contributed by atoms with van der Waals surface area (Å²) in [7, 11) is 0. The van der Waals surface area contributed by atoms with Crippen molar-refractivity contribution in [2.45, 2.75) is 83.3 Å². The van der Waals surface area contributed by atoms with Crippen molar-refractivity contribution in [1.82, 2.24) is 21.3 Å². The zero-order chi connectivity index (χ0) is 27.6. The summed E-state index contributed by atoms with van der Waals surface area (Å²) in [5.74, 6) is -3.14.